The van der Waals surface area contributed by atoms with Crippen LogP contribution in [0.15, 0.2) is 44.8 Å². The molecule has 200 valence electrons. The second-order valence-corrected chi connectivity index (χ2v) is 12.1. The van der Waals surface area contributed by atoms with Crippen LogP contribution in [0.1, 0.15) is 83.1 Å². The predicted octanol–water partition coefficient (Wildman–Crippen LogP) is 3.55. The van der Waals surface area contributed by atoms with Crippen LogP contribution in [0.4, 0.5) is 0 Å². The van der Waals surface area contributed by atoms with Gasteiger partial charge in [-0.25, -0.2) is 9.78 Å². The highest BCUT2D eigenvalue weighted by Crippen LogP contribution is 2.46. The molecule has 4 heterocycles. The number of nitrogens with zero attached hydrogens (tertiary/aromatic N) is 5. The Balaban J connectivity index is 1.27. The van der Waals surface area contributed by atoms with Crippen molar-refractivity contribution in [3.63, 3.8) is 0 Å². The van der Waals surface area contributed by atoms with Crippen molar-refractivity contribution in [2.24, 2.45) is 11.8 Å². The standard InChI is InChI=1S/C29H36N6O3/c36-26-17-30-35(29(38)32-26)27-28(37)34(25-11-4-3-10-24(25)31-27)23-15-20-8-5-9-21(16-23)33(20)22-13-18-6-1-2-7-19(12-18)14-22/h3-4,10-11,17-23H,1-2,5-9,12-16H2,(H,32,36,38)/t18-,19+,20-,21+,22-,23-. The first-order valence-electron chi connectivity index (χ1n) is 14.5. The van der Waals surface area contributed by atoms with Gasteiger partial charge in [0.1, 0.15) is 6.20 Å². The molecule has 2 saturated heterocycles. The zero-order chi connectivity index (χ0) is 25.8. The summed E-state index contributed by atoms with van der Waals surface area (Å²) >= 11 is 0. The van der Waals surface area contributed by atoms with Crippen LogP contribution in [0.25, 0.3) is 16.9 Å². The highest BCUT2D eigenvalue weighted by Gasteiger charge is 2.45. The Kier molecular flexibility index (Phi) is 6.06. The molecule has 0 amide bonds. The van der Waals surface area contributed by atoms with Crippen LogP contribution in [-0.4, -0.2) is 47.3 Å². The Morgan fingerprint density at radius 3 is 2.18 bits per heavy atom. The summed E-state index contributed by atoms with van der Waals surface area (Å²) < 4.78 is 2.80. The van der Waals surface area contributed by atoms with Gasteiger partial charge >= 0.3 is 5.69 Å². The molecule has 0 unspecified atom stereocenters. The van der Waals surface area contributed by atoms with Gasteiger partial charge in [-0.05, 0) is 68.9 Å². The lowest BCUT2D eigenvalue weighted by molar-refractivity contribution is -0.0420. The van der Waals surface area contributed by atoms with Crippen LogP contribution in [0.3, 0.4) is 0 Å². The molecule has 9 nitrogen and oxygen atoms in total. The van der Waals surface area contributed by atoms with Gasteiger partial charge in [0.05, 0.1) is 11.0 Å². The zero-order valence-electron chi connectivity index (χ0n) is 21.8. The Bertz CT molecular complexity index is 1500. The van der Waals surface area contributed by atoms with Gasteiger partial charge in [-0.1, -0.05) is 44.2 Å². The van der Waals surface area contributed by atoms with Crippen LogP contribution in [0, 0.1) is 11.8 Å². The second kappa shape index (κ2) is 9.59. The van der Waals surface area contributed by atoms with Crippen molar-refractivity contribution in [1.29, 1.82) is 0 Å². The number of rotatable bonds is 3. The molecule has 1 aromatic carbocycles. The lowest BCUT2D eigenvalue weighted by Crippen LogP contribution is -2.58. The molecule has 2 aliphatic carbocycles. The number of fused-ring (bicyclic) bond motifs is 5. The molecule has 3 aromatic rings. The smallest absolute Gasteiger partial charge is 0.300 e. The fourth-order valence-electron chi connectivity index (χ4n) is 8.45. The first kappa shape index (κ1) is 24.0. The van der Waals surface area contributed by atoms with Gasteiger partial charge in [-0.3, -0.25) is 19.5 Å². The van der Waals surface area contributed by atoms with Crippen molar-refractivity contribution in [3.05, 3.63) is 61.7 Å². The third-order valence-corrected chi connectivity index (χ3v) is 9.84. The normalized spacial score (nSPS) is 31.7. The molecule has 4 bridgehead atoms. The number of hydrogen-bond acceptors (Lipinski definition) is 6. The maximum Gasteiger partial charge on any atom is 0.351 e. The zero-order valence-corrected chi connectivity index (χ0v) is 21.8. The molecule has 38 heavy (non-hydrogen) atoms. The molecule has 2 aliphatic heterocycles. The minimum absolute atomic E-state index is 0.0324. The van der Waals surface area contributed by atoms with E-state index in [-0.39, 0.29) is 17.4 Å². The highest BCUT2D eigenvalue weighted by molar-refractivity contribution is 5.75. The summed E-state index contributed by atoms with van der Waals surface area (Å²) in [6, 6.07) is 9.31. The van der Waals surface area contributed by atoms with Crippen molar-refractivity contribution >= 4 is 11.0 Å². The van der Waals surface area contributed by atoms with Crippen molar-refractivity contribution < 1.29 is 0 Å². The average molecular weight is 517 g/mol. The molecule has 4 fully saturated rings. The van der Waals surface area contributed by atoms with Gasteiger partial charge in [-0.2, -0.15) is 9.78 Å². The first-order chi connectivity index (χ1) is 18.5. The number of nitrogens with one attached hydrogen (secondary N) is 1. The van der Waals surface area contributed by atoms with Gasteiger partial charge in [0.2, 0.25) is 5.82 Å². The van der Waals surface area contributed by atoms with Crippen LogP contribution in [-0.2, 0) is 0 Å². The van der Waals surface area contributed by atoms with E-state index in [1.54, 1.807) is 0 Å². The van der Waals surface area contributed by atoms with Gasteiger partial charge in [0.15, 0.2) is 0 Å². The largest absolute Gasteiger partial charge is 0.351 e. The molecule has 1 N–H and O–H groups in total. The lowest BCUT2D eigenvalue weighted by atomic mass is 9.73. The SMILES string of the molecule is O=c1cnn(-c2nc3ccccc3n([C@@H]3C[C@H]4CCC[C@@H](C3)N4[C@@H]3C[C@@H]4CCCC[C@@H](C4)C3)c2=O)c(=O)[nH]1. The summed E-state index contributed by atoms with van der Waals surface area (Å²) in [5, 5.41) is 3.94. The fourth-order valence-corrected chi connectivity index (χ4v) is 8.45. The number of aromatic amines is 1. The van der Waals surface area contributed by atoms with E-state index in [0.717, 1.165) is 41.1 Å². The molecule has 2 aromatic heterocycles. The summed E-state index contributed by atoms with van der Waals surface area (Å²) in [6.45, 7) is 0. The van der Waals surface area contributed by atoms with Gasteiger partial charge in [-0.15, -0.1) is 0 Å². The van der Waals surface area contributed by atoms with Crippen molar-refractivity contribution in [1.82, 2.24) is 29.2 Å². The monoisotopic (exact) mass is 516 g/mol. The fraction of sp³-hybridized carbons (Fsp3) is 0.621. The molecular weight excluding hydrogens is 480 g/mol. The van der Waals surface area contributed by atoms with Gasteiger partial charge in [0, 0.05) is 24.2 Å². The van der Waals surface area contributed by atoms with E-state index < -0.39 is 11.2 Å². The number of aromatic nitrogens is 5. The molecule has 4 aliphatic rings. The first-order valence-corrected chi connectivity index (χ1v) is 14.5. The van der Waals surface area contributed by atoms with E-state index in [4.69, 9.17) is 0 Å². The van der Waals surface area contributed by atoms with E-state index in [2.05, 4.69) is 20.0 Å². The van der Waals surface area contributed by atoms with Crippen molar-refractivity contribution in [3.8, 4) is 5.82 Å². The Morgan fingerprint density at radius 1 is 0.763 bits per heavy atom. The quantitative estimate of drug-likeness (QED) is 0.571. The van der Waals surface area contributed by atoms with Crippen LogP contribution in [0.5, 0.6) is 0 Å². The lowest BCUT2D eigenvalue weighted by Gasteiger charge is -2.54. The maximum atomic E-state index is 14.0. The van der Waals surface area contributed by atoms with E-state index >= 15 is 0 Å². The van der Waals surface area contributed by atoms with Crippen LogP contribution in [0.2, 0.25) is 0 Å². The molecule has 6 atom stereocenters. The summed E-state index contributed by atoms with van der Waals surface area (Å²) in [5.41, 5.74) is -0.250. The molecule has 0 radical (unpaired) electrons. The topological polar surface area (TPSA) is 106 Å². The molecule has 9 heteroatoms. The summed E-state index contributed by atoms with van der Waals surface area (Å²) in [5.74, 6) is 1.71. The number of benzene rings is 1. The van der Waals surface area contributed by atoms with Gasteiger partial charge < -0.3 is 4.57 Å². The predicted molar refractivity (Wildman–Crippen MR) is 145 cm³/mol. The van der Waals surface area contributed by atoms with Gasteiger partial charge in [0.25, 0.3) is 11.1 Å². The van der Waals surface area contributed by atoms with Crippen LogP contribution < -0.4 is 16.8 Å². The van der Waals surface area contributed by atoms with Crippen molar-refractivity contribution in [2.45, 2.75) is 101 Å². The van der Waals surface area contributed by atoms with Crippen LogP contribution >= 0.6 is 0 Å². The minimum atomic E-state index is -0.755. The molecule has 2 saturated carbocycles. The van der Waals surface area contributed by atoms with E-state index in [0.29, 0.717) is 23.6 Å². The average Bonchev–Trinajstić information content (AvgIpc) is 3.07. The number of piperidine rings is 2. The molecule has 0 spiro atoms. The summed E-state index contributed by atoms with van der Waals surface area (Å²) in [7, 11) is 0. The second-order valence-electron chi connectivity index (χ2n) is 12.1. The van der Waals surface area contributed by atoms with E-state index in [1.165, 1.54) is 64.2 Å². The minimum Gasteiger partial charge on any atom is -0.300 e. The number of hydrogen-bond donors (Lipinski definition) is 1. The van der Waals surface area contributed by atoms with E-state index in [9.17, 15) is 14.4 Å². The molecular formula is C29H36N6O3. The Labute approximate surface area is 220 Å². The Hall–Kier alpha value is -3.07. The number of H-pyrrole nitrogens is 1. The summed E-state index contributed by atoms with van der Waals surface area (Å²) in [6.07, 6.45) is 16.2. The van der Waals surface area contributed by atoms with E-state index in [1.807, 2.05) is 28.8 Å². The molecule has 7 rings (SSSR count). The summed E-state index contributed by atoms with van der Waals surface area (Å²) in [4.78, 5) is 47.8. The maximum absolute atomic E-state index is 14.0. The third-order valence-electron chi connectivity index (χ3n) is 9.84. The number of para-hydroxylation sites is 2. The third kappa shape index (κ3) is 4.15. The van der Waals surface area contributed by atoms with Crippen molar-refractivity contribution in [2.75, 3.05) is 0 Å². The Morgan fingerprint density at radius 2 is 1.47 bits per heavy atom. The highest BCUT2D eigenvalue weighted by atomic mass is 16.2.